The van der Waals surface area contributed by atoms with E-state index in [-0.39, 0.29) is 11.9 Å². The molecule has 1 fully saturated rings. The van der Waals surface area contributed by atoms with Gasteiger partial charge < -0.3 is 15.7 Å². The van der Waals surface area contributed by atoms with Crippen molar-refractivity contribution in [3.63, 3.8) is 0 Å². The largest absolute Gasteiger partial charge is 0.391 e. The molecule has 3 N–H and O–H groups in total. The second-order valence-electron chi connectivity index (χ2n) is 4.60. The summed E-state index contributed by atoms with van der Waals surface area (Å²) in [5, 5.41) is 15.7. The zero-order chi connectivity index (χ0) is 13.0. The number of anilines is 2. The first-order valence-electron chi connectivity index (χ1n) is 6.35. The Hall–Kier alpha value is -1.43. The molecule has 0 aliphatic heterocycles. The summed E-state index contributed by atoms with van der Waals surface area (Å²) in [6.45, 7) is 0. The van der Waals surface area contributed by atoms with Gasteiger partial charge in [-0.05, 0) is 12.8 Å². The maximum atomic E-state index is 13.6. The smallest absolute Gasteiger partial charge is 0.224 e. The van der Waals surface area contributed by atoms with Crippen molar-refractivity contribution in [1.82, 2.24) is 9.97 Å². The van der Waals surface area contributed by atoms with Crippen LogP contribution in [0.3, 0.4) is 0 Å². The Balaban J connectivity index is 2.11. The highest BCUT2D eigenvalue weighted by atomic mass is 19.1. The van der Waals surface area contributed by atoms with Gasteiger partial charge in [0.15, 0.2) is 11.6 Å². The fourth-order valence-electron chi connectivity index (χ4n) is 2.22. The summed E-state index contributed by atoms with van der Waals surface area (Å²) in [5.74, 6) is 0.0211. The Morgan fingerprint density at radius 2 is 2.11 bits per heavy atom. The first-order valence-corrected chi connectivity index (χ1v) is 6.35. The molecule has 0 radical (unpaired) electrons. The summed E-state index contributed by atoms with van der Waals surface area (Å²) in [7, 11) is 1.68. The van der Waals surface area contributed by atoms with Crippen molar-refractivity contribution in [3.8, 4) is 0 Å². The molecule has 6 heteroatoms. The third-order valence-electron chi connectivity index (χ3n) is 3.27. The Labute approximate surface area is 106 Å². The van der Waals surface area contributed by atoms with E-state index in [0.29, 0.717) is 5.95 Å². The molecule has 0 spiro atoms. The zero-order valence-electron chi connectivity index (χ0n) is 10.5. The van der Waals surface area contributed by atoms with Crippen LogP contribution in [0.4, 0.5) is 16.2 Å². The molecule has 2 rings (SSSR count). The SMILES string of the molecule is CNc1ncc(F)c(NC2CCCCCC2O)n1. The molecule has 1 aromatic heterocycles. The topological polar surface area (TPSA) is 70.1 Å². The van der Waals surface area contributed by atoms with Crippen molar-refractivity contribution in [1.29, 1.82) is 0 Å². The second-order valence-corrected chi connectivity index (χ2v) is 4.60. The molecule has 1 heterocycles. The Morgan fingerprint density at radius 1 is 1.33 bits per heavy atom. The van der Waals surface area contributed by atoms with Gasteiger partial charge in [0.25, 0.3) is 0 Å². The number of aromatic nitrogens is 2. The van der Waals surface area contributed by atoms with Gasteiger partial charge in [0.05, 0.1) is 18.3 Å². The van der Waals surface area contributed by atoms with Crippen molar-refractivity contribution in [2.75, 3.05) is 17.7 Å². The second kappa shape index (κ2) is 5.95. The summed E-state index contributed by atoms with van der Waals surface area (Å²) in [5.41, 5.74) is 0. The number of hydrogen-bond acceptors (Lipinski definition) is 5. The summed E-state index contributed by atoms with van der Waals surface area (Å²) >= 11 is 0. The average molecular weight is 254 g/mol. The monoisotopic (exact) mass is 254 g/mol. The molecule has 1 saturated carbocycles. The number of hydrogen-bond donors (Lipinski definition) is 3. The number of rotatable bonds is 3. The molecule has 1 aromatic rings. The van der Waals surface area contributed by atoms with Gasteiger partial charge >= 0.3 is 0 Å². The van der Waals surface area contributed by atoms with Crippen LogP contribution >= 0.6 is 0 Å². The average Bonchev–Trinajstić information content (AvgIpc) is 2.58. The molecular formula is C12H19FN4O. The third-order valence-corrected chi connectivity index (χ3v) is 3.27. The summed E-state index contributed by atoms with van der Waals surface area (Å²) in [4.78, 5) is 7.82. The fraction of sp³-hybridized carbons (Fsp3) is 0.667. The van der Waals surface area contributed by atoms with Crippen LogP contribution in [-0.4, -0.2) is 34.3 Å². The van der Waals surface area contributed by atoms with Gasteiger partial charge in [0.2, 0.25) is 5.95 Å². The lowest BCUT2D eigenvalue weighted by molar-refractivity contribution is 0.144. The van der Waals surface area contributed by atoms with E-state index in [0.717, 1.165) is 38.3 Å². The highest BCUT2D eigenvalue weighted by Gasteiger charge is 2.23. The minimum Gasteiger partial charge on any atom is -0.391 e. The van der Waals surface area contributed by atoms with Crippen molar-refractivity contribution < 1.29 is 9.50 Å². The molecule has 2 atom stereocenters. The van der Waals surface area contributed by atoms with Crippen LogP contribution in [0, 0.1) is 5.82 Å². The Kier molecular flexibility index (Phi) is 4.30. The van der Waals surface area contributed by atoms with Crippen LogP contribution in [0.2, 0.25) is 0 Å². The lowest BCUT2D eigenvalue weighted by atomic mass is 10.1. The summed E-state index contributed by atoms with van der Waals surface area (Å²) in [6.07, 6.45) is 5.45. The Bertz CT molecular complexity index is 402. The highest BCUT2D eigenvalue weighted by Crippen LogP contribution is 2.22. The van der Waals surface area contributed by atoms with Crippen LogP contribution in [0.25, 0.3) is 0 Å². The molecule has 2 unspecified atom stereocenters. The van der Waals surface area contributed by atoms with Gasteiger partial charge in [-0.2, -0.15) is 4.98 Å². The van der Waals surface area contributed by atoms with Crippen LogP contribution in [-0.2, 0) is 0 Å². The molecule has 5 nitrogen and oxygen atoms in total. The van der Waals surface area contributed by atoms with Crippen LogP contribution in [0.5, 0.6) is 0 Å². The normalized spacial score (nSPS) is 24.4. The van der Waals surface area contributed by atoms with E-state index in [4.69, 9.17) is 0 Å². The standard InChI is InChI=1S/C12H19FN4O/c1-14-12-15-7-8(13)11(17-12)16-9-5-3-2-4-6-10(9)18/h7,9-10,18H,2-6H2,1H3,(H2,14,15,16,17). The van der Waals surface area contributed by atoms with Gasteiger partial charge in [0, 0.05) is 7.05 Å². The number of nitrogens with zero attached hydrogens (tertiary/aromatic N) is 2. The van der Waals surface area contributed by atoms with E-state index in [1.165, 1.54) is 0 Å². The first-order chi connectivity index (χ1) is 8.70. The molecule has 1 aliphatic rings. The van der Waals surface area contributed by atoms with Crippen molar-refractivity contribution >= 4 is 11.8 Å². The number of aliphatic hydroxyl groups excluding tert-OH is 1. The zero-order valence-corrected chi connectivity index (χ0v) is 10.5. The van der Waals surface area contributed by atoms with E-state index in [2.05, 4.69) is 20.6 Å². The van der Waals surface area contributed by atoms with Gasteiger partial charge in [-0.15, -0.1) is 0 Å². The van der Waals surface area contributed by atoms with E-state index >= 15 is 0 Å². The van der Waals surface area contributed by atoms with E-state index in [1.54, 1.807) is 7.05 Å². The Morgan fingerprint density at radius 3 is 2.89 bits per heavy atom. The molecule has 0 bridgehead atoms. The molecule has 0 saturated heterocycles. The van der Waals surface area contributed by atoms with Gasteiger partial charge in [-0.25, -0.2) is 9.37 Å². The summed E-state index contributed by atoms with van der Waals surface area (Å²) < 4.78 is 13.6. The number of aliphatic hydroxyl groups is 1. The van der Waals surface area contributed by atoms with Gasteiger partial charge in [-0.3, -0.25) is 0 Å². The lowest BCUT2D eigenvalue weighted by Gasteiger charge is -2.22. The predicted molar refractivity (Wildman–Crippen MR) is 68.0 cm³/mol. The van der Waals surface area contributed by atoms with Gasteiger partial charge in [-0.1, -0.05) is 19.3 Å². The van der Waals surface area contributed by atoms with Crippen LogP contribution in [0.15, 0.2) is 6.20 Å². The minimum atomic E-state index is -0.495. The minimum absolute atomic E-state index is 0.137. The number of halogens is 1. The van der Waals surface area contributed by atoms with Crippen molar-refractivity contribution in [3.05, 3.63) is 12.0 Å². The molecular weight excluding hydrogens is 235 g/mol. The van der Waals surface area contributed by atoms with E-state index < -0.39 is 11.9 Å². The molecule has 1 aliphatic carbocycles. The van der Waals surface area contributed by atoms with Gasteiger partial charge in [0.1, 0.15) is 0 Å². The third kappa shape index (κ3) is 3.07. The van der Waals surface area contributed by atoms with Crippen molar-refractivity contribution in [2.24, 2.45) is 0 Å². The van der Waals surface area contributed by atoms with Crippen LogP contribution < -0.4 is 10.6 Å². The highest BCUT2D eigenvalue weighted by molar-refractivity contribution is 5.41. The van der Waals surface area contributed by atoms with E-state index in [1.807, 2.05) is 0 Å². The fourth-order valence-corrected chi connectivity index (χ4v) is 2.22. The first kappa shape index (κ1) is 13.0. The number of nitrogens with one attached hydrogen (secondary N) is 2. The summed E-state index contributed by atoms with van der Waals surface area (Å²) in [6, 6.07) is -0.137. The maximum Gasteiger partial charge on any atom is 0.224 e. The molecule has 18 heavy (non-hydrogen) atoms. The predicted octanol–water partition coefficient (Wildman–Crippen LogP) is 1.76. The molecule has 100 valence electrons. The maximum absolute atomic E-state index is 13.6. The van der Waals surface area contributed by atoms with E-state index in [9.17, 15) is 9.50 Å². The quantitative estimate of drug-likeness (QED) is 0.717. The molecule has 0 aromatic carbocycles. The lowest BCUT2D eigenvalue weighted by Crippen LogP contribution is -2.33. The molecule has 0 amide bonds. The van der Waals surface area contributed by atoms with Crippen LogP contribution in [0.1, 0.15) is 32.1 Å². The van der Waals surface area contributed by atoms with Crippen molar-refractivity contribution in [2.45, 2.75) is 44.2 Å².